The first-order chi connectivity index (χ1) is 8.16. The average molecular weight is 255 g/mol. The van der Waals surface area contributed by atoms with Crippen molar-refractivity contribution in [2.24, 2.45) is 5.73 Å². The van der Waals surface area contributed by atoms with Gasteiger partial charge in [0.25, 0.3) is 0 Å². The molecule has 1 heterocycles. The summed E-state index contributed by atoms with van der Waals surface area (Å²) in [6.45, 7) is 1.33. The molecule has 17 heavy (non-hydrogen) atoms. The van der Waals surface area contributed by atoms with Crippen molar-refractivity contribution in [2.75, 3.05) is 13.2 Å². The van der Waals surface area contributed by atoms with Crippen LogP contribution in [-0.4, -0.2) is 24.3 Å². The molecule has 2 N–H and O–H groups in total. The molecule has 1 aliphatic heterocycles. The van der Waals surface area contributed by atoms with E-state index in [0.29, 0.717) is 18.8 Å². The van der Waals surface area contributed by atoms with Crippen LogP contribution in [0.5, 0.6) is 5.75 Å². The Balaban J connectivity index is 2.08. The van der Waals surface area contributed by atoms with Crippen LogP contribution >= 0.6 is 12.2 Å². The van der Waals surface area contributed by atoms with Gasteiger partial charge in [-0.15, -0.1) is 0 Å². The van der Waals surface area contributed by atoms with Gasteiger partial charge in [-0.25, -0.2) is 4.39 Å². The van der Waals surface area contributed by atoms with Gasteiger partial charge in [-0.05, 0) is 18.2 Å². The van der Waals surface area contributed by atoms with Crippen LogP contribution in [0.1, 0.15) is 18.4 Å². The van der Waals surface area contributed by atoms with E-state index in [1.54, 1.807) is 12.1 Å². The summed E-state index contributed by atoms with van der Waals surface area (Å²) in [5, 5.41) is 0. The van der Waals surface area contributed by atoms with E-state index in [1.165, 1.54) is 6.07 Å². The highest BCUT2D eigenvalue weighted by Gasteiger charge is 2.17. The predicted molar refractivity (Wildman–Crippen MR) is 66.8 cm³/mol. The van der Waals surface area contributed by atoms with Crippen LogP contribution < -0.4 is 10.5 Å². The molecular formula is C12H14FNO2S. The molecule has 0 spiro atoms. The van der Waals surface area contributed by atoms with E-state index in [-0.39, 0.29) is 16.8 Å². The van der Waals surface area contributed by atoms with E-state index in [0.717, 1.165) is 12.8 Å². The van der Waals surface area contributed by atoms with E-state index in [9.17, 15) is 4.39 Å². The maximum atomic E-state index is 13.7. The zero-order chi connectivity index (χ0) is 12.3. The Labute approximate surface area is 105 Å². The molecule has 92 valence electrons. The van der Waals surface area contributed by atoms with Gasteiger partial charge < -0.3 is 15.2 Å². The van der Waals surface area contributed by atoms with Crippen LogP contribution in [0.2, 0.25) is 0 Å². The van der Waals surface area contributed by atoms with Crippen molar-refractivity contribution < 1.29 is 13.9 Å². The normalized spacial score (nSPS) is 16.8. The quantitative estimate of drug-likeness (QED) is 0.839. The lowest BCUT2D eigenvalue weighted by molar-refractivity contribution is 0.0240. The topological polar surface area (TPSA) is 44.5 Å². The van der Waals surface area contributed by atoms with Crippen molar-refractivity contribution in [2.45, 2.75) is 18.9 Å². The number of halogens is 1. The van der Waals surface area contributed by atoms with Gasteiger partial charge in [0.2, 0.25) is 0 Å². The third-order valence-corrected chi connectivity index (χ3v) is 2.91. The van der Waals surface area contributed by atoms with E-state index >= 15 is 0 Å². The highest BCUT2D eigenvalue weighted by Crippen LogP contribution is 2.22. The van der Waals surface area contributed by atoms with Crippen molar-refractivity contribution in [3.63, 3.8) is 0 Å². The minimum Gasteiger partial charge on any atom is -0.487 e. The summed E-state index contributed by atoms with van der Waals surface area (Å²) in [7, 11) is 0. The molecule has 1 aromatic carbocycles. The van der Waals surface area contributed by atoms with Gasteiger partial charge in [0.1, 0.15) is 11.1 Å². The van der Waals surface area contributed by atoms with Crippen LogP contribution in [-0.2, 0) is 4.74 Å². The lowest BCUT2D eigenvalue weighted by atomic mass is 10.1. The van der Waals surface area contributed by atoms with Crippen LogP contribution in [0, 0.1) is 5.82 Å². The highest BCUT2D eigenvalue weighted by molar-refractivity contribution is 7.80. The molecule has 1 aromatic rings. The molecule has 1 fully saturated rings. The van der Waals surface area contributed by atoms with Crippen molar-refractivity contribution in [3.8, 4) is 5.75 Å². The molecule has 0 aliphatic carbocycles. The number of hydrogen-bond acceptors (Lipinski definition) is 3. The molecule has 3 nitrogen and oxygen atoms in total. The smallest absolute Gasteiger partial charge is 0.165 e. The second-order valence-corrected chi connectivity index (χ2v) is 4.38. The summed E-state index contributed by atoms with van der Waals surface area (Å²) in [4.78, 5) is 0.182. The molecule has 0 aromatic heterocycles. The van der Waals surface area contributed by atoms with Crippen molar-refractivity contribution >= 4 is 17.2 Å². The largest absolute Gasteiger partial charge is 0.487 e. The summed E-state index contributed by atoms with van der Waals surface area (Å²) in [6.07, 6.45) is 1.60. The second-order valence-electron chi connectivity index (χ2n) is 3.94. The lowest BCUT2D eigenvalue weighted by Gasteiger charge is -2.23. The molecule has 0 radical (unpaired) electrons. The highest BCUT2D eigenvalue weighted by atomic mass is 32.1. The monoisotopic (exact) mass is 255 g/mol. The van der Waals surface area contributed by atoms with Crippen molar-refractivity contribution in [1.29, 1.82) is 0 Å². The van der Waals surface area contributed by atoms with Gasteiger partial charge in [0.15, 0.2) is 11.6 Å². The third-order valence-electron chi connectivity index (χ3n) is 2.68. The Morgan fingerprint density at radius 1 is 1.41 bits per heavy atom. The molecule has 1 aliphatic rings. The summed E-state index contributed by atoms with van der Waals surface area (Å²) in [5.41, 5.74) is 5.94. The first-order valence-electron chi connectivity index (χ1n) is 5.50. The van der Waals surface area contributed by atoms with Crippen LogP contribution in [0.3, 0.4) is 0 Å². The molecule has 0 atom stereocenters. The maximum absolute atomic E-state index is 13.7. The number of thiocarbonyl (C=S) groups is 1. The molecule has 0 bridgehead atoms. The number of hydrogen-bond donors (Lipinski definition) is 1. The molecule has 0 unspecified atom stereocenters. The summed E-state index contributed by atoms with van der Waals surface area (Å²) in [6, 6.07) is 4.54. The average Bonchev–Trinajstić information content (AvgIpc) is 2.33. The zero-order valence-corrected chi connectivity index (χ0v) is 10.1. The Kier molecular flexibility index (Phi) is 3.91. The molecule has 0 amide bonds. The van der Waals surface area contributed by atoms with Gasteiger partial charge in [-0.2, -0.15) is 0 Å². The van der Waals surface area contributed by atoms with Crippen LogP contribution in [0.25, 0.3) is 0 Å². The fourth-order valence-electron chi connectivity index (χ4n) is 1.72. The van der Waals surface area contributed by atoms with Crippen molar-refractivity contribution in [3.05, 3.63) is 29.6 Å². The summed E-state index contributed by atoms with van der Waals surface area (Å²) < 4.78 is 24.5. The van der Waals surface area contributed by atoms with E-state index < -0.39 is 5.82 Å². The number of ether oxygens (including phenoxy) is 2. The first-order valence-corrected chi connectivity index (χ1v) is 5.91. The molecular weight excluding hydrogens is 241 g/mol. The fraction of sp³-hybridized carbons (Fsp3) is 0.417. The number of nitrogens with two attached hydrogens (primary N) is 1. The lowest BCUT2D eigenvalue weighted by Crippen LogP contribution is -2.26. The van der Waals surface area contributed by atoms with Gasteiger partial charge in [0, 0.05) is 18.4 Å². The first kappa shape index (κ1) is 12.3. The minimum absolute atomic E-state index is 0.0222. The van der Waals surface area contributed by atoms with Crippen LogP contribution in [0.4, 0.5) is 4.39 Å². The van der Waals surface area contributed by atoms with Gasteiger partial charge in [-0.3, -0.25) is 0 Å². The summed E-state index contributed by atoms with van der Waals surface area (Å²) >= 11 is 4.78. The Hall–Kier alpha value is -1.20. The Morgan fingerprint density at radius 2 is 2.12 bits per heavy atom. The zero-order valence-electron chi connectivity index (χ0n) is 9.32. The fourth-order valence-corrected chi connectivity index (χ4v) is 1.85. The standard InChI is InChI=1S/C12H14FNO2S/c13-10-7-8(12(14)17)1-2-11(10)16-9-3-5-15-6-4-9/h1-2,7,9H,3-6H2,(H2,14,17). The van der Waals surface area contributed by atoms with E-state index in [2.05, 4.69) is 0 Å². The van der Waals surface area contributed by atoms with Crippen LogP contribution in [0.15, 0.2) is 18.2 Å². The Bertz CT molecular complexity index is 419. The molecule has 1 saturated heterocycles. The van der Waals surface area contributed by atoms with E-state index in [4.69, 9.17) is 27.4 Å². The molecule has 5 heteroatoms. The minimum atomic E-state index is -0.429. The SMILES string of the molecule is NC(=S)c1ccc(OC2CCOCC2)c(F)c1. The van der Waals surface area contributed by atoms with Gasteiger partial charge in [-0.1, -0.05) is 12.2 Å². The number of benzene rings is 1. The Morgan fingerprint density at radius 3 is 2.71 bits per heavy atom. The third kappa shape index (κ3) is 3.14. The molecule has 2 rings (SSSR count). The van der Waals surface area contributed by atoms with Crippen molar-refractivity contribution in [1.82, 2.24) is 0 Å². The second kappa shape index (κ2) is 5.42. The molecule has 0 saturated carbocycles. The maximum Gasteiger partial charge on any atom is 0.165 e. The van der Waals surface area contributed by atoms with Gasteiger partial charge >= 0.3 is 0 Å². The van der Waals surface area contributed by atoms with Gasteiger partial charge in [0.05, 0.1) is 13.2 Å². The number of rotatable bonds is 3. The predicted octanol–water partition coefficient (Wildman–Crippen LogP) is 2.02. The van der Waals surface area contributed by atoms with E-state index in [1.807, 2.05) is 0 Å². The summed E-state index contributed by atoms with van der Waals surface area (Å²) in [5.74, 6) is -0.182.